The average molecular weight is 581 g/mol. The number of fused-ring (bicyclic) bond motifs is 1. The molecule has 7 nitrogen and oxygen atoms in total. The predicted molar refractivity (Wildman–Crippen MR) is 148 cm³/mol. The van der Waals surface area contributed by atoms with Gasteiger partial charge in [-0.2, -0.15) is 0 Å². The van der Waals surface area contributed by atoms with Crippen LogP contribution in [-0.2, 0) is 11.3 Å². The molecule has 192 valence electrons. The second-order valence-electron chi connectivity index (χ2n) is 9.03. The van der Waals surface area contributed by atoms with Crippen molar-refractivity contribution in [3.8, 4) is 11.5 Å². The molecule has 1 N–H and O–H groups in total. The number of halogens is 1. The highest BCUT2D eigenvalue weighted by Gasteiger charge is 2.44. The highest BCUT2D eigenvalue weighted by molar-refractivity contribution is 9.10. The lowest BCUT2D eigenvalue weighted by molar-refractivity contribution is -0.130. The summed E-state index contributed by atoms with van der Waals surface area (Å²) in [7, 11) is 0. The van der Waals surface area contributed by atoms with Gasteiger partial charge in [0.25, 0.3) is 5.91 Å². The van der Waals surface area contributed by atoms with E-state index in [0.717, 1.165) is 9.86 Å². The number of benzene rings is 3. The van der Waals surface area contributed by atoms with Gasteiger partial charge in [0, 0.05) is 16.1 Å². The van der Waals surface area contributed by atoms with Gasteiger partial charge < -0.3 is 19.2 Å². The first-order chi connectivity index (χ1) is 19.0. The zero-order valence-corrected chi connectivity index (χ0v) is 22.0. The smallest absolute Gasteiger partial charge is 0.290 e. The van der Waals surface area contributed by atoms with Gasteiger partial charge in [-0.05, 0) is 66.2 Å². The third-order valence-electron chi connectivity index (χ3n) is 6.46. The average Bonchev–Trinajstić information content (AvgIpc) is 3.48. The van der Waals surface area contributed by atoms with Gasteiger partial charge in [0.2, 0.25) is 5.78 Å². The van der Waals surface area contributed by atoms with Crippen LogP contribution in [0.5, 0.6) is 11.5 Å². The van der Waals surface area contributed by atoms with Crippen LogP contribution in [0.3, 0.4) is 0 Å². The minimum atomic E-state index is -0.897. The van der Waals surface area contributed by atoms with Crippen LogP contribution in [0.4, 0.5) is 0 Å². The molecule has 1 atom stereocenters. The molecular weight excluding hydrogens is 560 g/mol. The fraction of sp³-hybridized carbons (Fsp3) is 0.0645. The van der Waals surface area contributed by atoms with Crippen LogP contribution in [0.2, 0.25) is 0 Å². The molecule has 3 heterocycles. The molecule has 5 aromatic rings. The normalized spacial score (nSPS) is 15.3. The van der Waals surface area contributed by atoms with Gasteiger partial charge in [-0.25, -0.2) is 0 Å². The molecule has 1 unspecified atom stereocenters. The molecule has 2 aromatic heterocycles. The summed E-state index contributed by atoms with van der Waals surface area (Å²) in [6, 6.07) is 27.9. The summed E-state index contributed by atoms with van der Waals surface area (Å²) >= 11 is 3.43. The van der Waals surface area contributed by atoms with E-state index in [1.807, 2.05) is 48.5 Å². The van der Waals surface area contributed by atoms with E-state index in [9.17, 15) is 14.7 Å². The van der Waals surface area contributed by atoms with Crippen LogP contribution in [-0.4, -0.2) is 26.7 Å². The summed E-state index contributed by atoms with van der Waals surface area (Å²) < 4.78 is 12.7. The second-order valence-corrected chi connectivity index (χ2v) is 9.94. The number of ketones is 1. The van der Waals surface area contributed by atoms with Crippen molar-refractivity contribution in [3.63, 3.8) is 0 Å². The maximum atomic E-state index is 13.9. The standard InChI is InChI=1S/C31H21BrN2O5/c32-21-12-13-25-20(15-21)17-26(39-25)29(35)27-28(34(31(37)30(27)36)18-22-8-4-5-14-33-22)19-7-6-11-24(16-19)38-23-9-2-1-3-10-23/h1-17,28,36H,18H2. The van der Waals surface area contributed by atoms with Gasteiger partial charge in [-0.3, -0.25) is 14.6 Å². The largest absolute Gasteiger partial charge is 0.503 e. The number of aliphatic hydroxyl groups is 1. The Labute approximate surface area is 232 Å². The van der Waals surface area contributed by atoms with Crippen molar-refractivity contribution < 1.29 is 23.8 Å². The first kappa shape index (κ1) is 24.6. The zero-order chi connectivity index (χ0) is 26.9. The highest BCUT2D eigenvalue weighted by atomic mass is 79.9. The van der Waals surface area contributed by atoms with Gasteiger partial charge in [0.1, 0.15) is 17.1 Å². The van der Waals surface area contributed by atoms with Crippen molar-refractivity contribution in [2.45, 2.75) is 12.6 Å². The number of hydrogen-bond acceptors (Lipinski definition) is 6. The molecule has 0 saturated carbocycles. The molecule has 3 aromatic carbocycles. The number of Topliss-reactive ketones (excluding diaryl/α,β-unsaturated/α-hetero) is 1. The van der Waals surface area contributed by atoms with E-state index >= 15 is 0 Å². The van der Waals surface area contributed by atoms with Crippen LogP contribution in [0.15, 0.2) is 123 Å². The summed E-state index contributed by atoms with van der Waals surface area (Å²) in [6.45, 7) is 0.0853. The highest BCUT2D eigenvalue weighted by Crippen LogP contribution is 2.41. The quantitative estimate of drug-likeness (QED) is 0.205. The third kappa shape index (κ3) is 4.82. The van der Waals surface area contributed by atoms with Crippen LogP contribution >= 0.6 is 15.9 Å². The van der Waals surface area contributed by atoms with Crippen LogP contribution in [0, 0.1) is 0 Å². The van der Waals surface area contributed by atoms with Gasteiger partial charge >= 0.3 is 0 Å². The Morgan fingerprint density at radius 1 is 0.949 bits per heavy atom. The van der Waals surface area contributed by atoms with Crippen LogP contribution < -0.4 is 4.74 Å². The first-order valence-electron chi connectivity index (χ1n) is 12.2. The minimum Gasteiger partial charge on any atom is -0.503 e. The number of nitrogens with zero attached hydrogens (tertiary/aromatic N) is 2. The van der Waals surface area contributed by atoms with E-state index in [4.69, 9.17) is 9.15 Å². The Balaban J connectivity index is 1.43. The number of carbonyl (C=O) groups is 2. The predicted octanol–water partition coefficient (Wildman–Crippen LogP) is 7.16. The Kier molecular flexibility index (Phi) is 6.46. The van der Waals surface area contributed by atoms with Crippen LogP contribution in [0.25, 0.3) is 11.0 Å². The number of para-hydroxylation sites is 1. The molecule has 6 rings (SSSR count). The summed E-state index contributed by atoms with van der Waals surface area (Å²) in [5.74, 6) is -0.657. The molecule has 0 bridgehead atoms. The lowest BCUT2D eigenvalue weighted by Gasteiger charge is -2.26. The van der Waals surface area contributed by atoms with Crippen molar-refractivity contribution >= 4 is 38.6 Å². The lowest BCUT2D eigenvalue weighted by Crippen LogP contribution is -2.31. The van der Waals surface area contributed by atoms with Crippen molar-refractivity contribution in [2.75, 3.05) is 0 Å². The number of amides is 1. The minimum absolute atomic E-state index is 0.0267. The molecule has 0 aliphatic carbocycles. The Morgan fingerprint density at radius 3 is 2.54 bits per heavy atom. The van der Waals surface area contributed by atoms with E-state index in [2.05, 4.69) is 20.9 Å². The van der Waals surface area contributed by atoms with Crippen LogP contribution in [0.1, 0.15) is 27.9 Å². The van der Waals surface area contributed by atoms with Gasteiger partial charge in [0.05, 0.1) is 23.9 Å². The molecule has 1 aliphatic heterocycles. The fourth-order valence-corrected chi connectivity index (χ4v) is 5.07. The Bertz CT molecular complexity index is 1730. The fourth-order valence-electron chi connectivity index (χ4n) is 4.69. The zero-order valence-electron chi connectivity index (χ0n) is 20.5. The van der Waals surface area contributed by atoms with E-state index in [1.54, 1.807) is 54.7 Å². The Hall–Kier alpha value is -4.69. The van der Waals surface area contributed by atoms with Crippen molar-refractivity contribution in [1.29, 1.82) is 0 Å². The molecular formula is C31H21BrN2O5. The Morgan fingerprint density at radius 2 is 1.74 bits per heavy atom. The number of pyridine rings is 1. The molecule has 1 amide bonds. The van der Waals surface area contributed by atoms with E-state index in [-0.39, 0.29) is 17.9 Å². The summed E-state index contributed by atoms with van der Waals surface area (Å²) in [4.78, 5) is 33.0. The van der Waals surface area contributed by atoms with Crippen molar-refractivity contribution in [2.24, 2.45) is 0 Å². The molecule has 1 aliphatic rings. The van der Waals surface area contributed by atoms with E-state index in [1.165, 1.54) is 4.90 Å². The van der Waals surface area contributed by atoms with Crippen molar-refractivity contribution in [1.82, 2.24) is 9.88 Å². The molecule has 0 radical (unpaired) electrons. The number of ether oxygens (including phenoxy) is 1. The molecule has 0 fully saturated rings. The number of furan rings is 1. The van der Waals surface area contributed by atoms with Gasteiger partial charge in [-0.15, -0.1) is 0 Å². The number of aromatic nitrogens is 1. The van der Waals surface area contributed by atoms with E-state index in [0.29, 0.717) is 28.3 Å². The maximum Gasteiger partial charge on any atom is 0.290 e. The summed E-state index contributed by atoms with van der Waals surface area (Å²) in [5.41, 5.74) is 1.67. The third-order valence-corrected chi connectivity index (χ3v) is 6.95. The van der Waals surface area contributed by atoms with Gasteiger partial charge in [0.15, 0.2) is 11.5 Å². The number of carbonyl (C=O) groups excluding carboxylic acids is 2. The topological polar surface area (TPSA) is 92.9 Å². The SMILES string of the molecule is O=C(C1=C(O)C(=O)N(Cc2ccccn2)C1c1cccc(Oc2ccccc2)c1)c1cc2cc(Br)ccc2o1. The molecule has 0 spiro atoms. The van der Waals surface area contributed by atoms with Gasteiger partial charge in [-0.1, -0.05) is 52.3 Å². The lowest BCUT2D eigenvalue weighted by atomic mass is 9.94. The molecule has 39 heavy (non-hydrogen) atoms. The summed E-state index contributed by atoms with van der Waals surface area (Å²) in [6.07, 6.45) is 1.63. The maximum absolute atomic E-state index is 13.9. The number of aliphatic hydroxyl groups excluding tert-OH is 1. The van der Waals surface area contributed by atoms with E-state index < -0.39 is 23.5 Å². The molecule has 0 saturated heterocycles. The monoisotopic (exact) mass is 580 g/mol. The van der Waals surface area contributed by atoms with Crippen molar-refractivity contribution in [3.05, 3.63) is 136 Å². The number of rotatable bonds is 7. The number of hydrogen-bond donors (Lipinski definition) is 1. The second kappa shape index (κ2) is 10.2. The summed E-state index contributed by atoms with van der Waals surface area (Å²) in [5, 5.41) is 11.8. The first-order valence-corrected chi connectivity index (χ1v) is 13.0. The molecule has 8 heteroatoms.